The van der Waals surface area contributed by atoms with E-state index < -0.39 is 0 Å². The quantitative estimate of drug-likeness (QED) is 0.386. The number of rotatable bonds is 5. The summed E-state index contributed by atoms with van der Waals surface area (Å²) in [6.07, 6.45) is 0. The van der Waals surface area contributed by atoms with Gasteiger partial charge in [-0.3, -0.25) is 0 Å². The first-order valence-electron chi connectivity index (χ1n) is 9.13. The molecule has 0 amide bonds. The molecule has 1 heterocycles. The van der Waals surface area contributed by atoms with Crippen LogP contribution in [0, 0.1) is 6.92 Å². The lowest BCUT2D eigenvalue weighted by molar-refractivity contribution is 0.396. The molecular weight excluding hydrogens is 384 g/mol. The summed E-state index contributed by atoms with van der Waals surface area (Å²) in [4.78, 5) is 15.0. The zero-order valence-corrected chi connectivity index (χ0v) is 17.2. The lowest BCUT2D eigenvalue weighted by atomic mass is 9.99. The van der Waals surface area contributed by atoms with Crippen LogP contribution in [0.4, 0.5) is 0 Å². The monoisotopic (exact) mass is 404 g/mol. The highest BCUT2D eigenvalue weighted by Crippen LogP contribution is 2.37. The second-order valence-electron chi connectivity index (χ2n) is 6.53. The van der Waals surface area contributed by atoms with Gasteiger partial charge in [-0.05, 0) is 42.3 Å². The van der Waals surface area contributed by atoms with Crippen LogP contribution in [-0.2, 0) is 0 Å². The molecule has 0 aliphatic carbocycles. The summed E-state index contributed by atoms with van der Waals surface area (Å²) in [5, 5.41) is 0.769. The van der Waals surface area contributed by atoms with Crippen molar-refractivity contribution in [3.63, 3.8) is 0 Å². The fourth-order valence-electron chi connectivity index (χ4n) is 3.37. The minimum Gasteiger partial charge on any atom is -0.496 e. The summed E-state index contributed by atoms with van der Waals surface area (Å²) in [5.41, 5.74) is 2.24. The molecule has 1 aromatic heterocycles. The molecule has 4 rings (SSSR count). The zero-order chi connectivity index (χ0) is 20.4. The zero-order valence-electron chi connectivity index (χ0n) is 16.4. The molecule has 0 unspecified atom stereocenters. The molecule has 0 spiro atoms. The van der Waals surface area contributed by atoms with Gasteiger partial charge >= 0.3 is 5.63 Å². The molecule has 0 aliphatic heterocycles. The van der Waals surface area contributed by atoms with Crippen molar-refractivity contribution in [2.24, 2.45) is 0 Å². The van der Waals surface area contributed by atoms with Gasteiger partial charge in [0.2, 0.25) is 0 Å². The molecule has 0 aliphatic rings. The maximum absolute atomic E-state index is 12.8. The van der Waals surface area contributed by atoms with Crippen LogP contribution in [0.1, 0.15) is 5.56 Å². The third-order valence-electron chi connectivity index (χ3n) is 4.77. The van der Waals surface area contributed by atoms with Gasteiger partial charge < -0.3 is 13.9 Å². The minimum absolute atomic E-state index is 0.381. The van der Waals surface area contributed by atoms with Crippen LogP contribution in [0.5, 0.6) is 11.5 Å². The summed E-state index contributed by atoms with van der Waals surface area (Å²) in [6.45, 7) is 1.91. The van der Waals surface area contributed by atoms with Crippen molar-refractivity contribution in [3.8, 4) is 22.6 Å². The molecule has 0 atom stereocenters. The number of fused-ring (bicyclic) bond motifs is 1. The highest BCUT2D eigenvalue weighted by molar-refractivity contribution is 7.99. The van der Waals surface area contributed by atoms with Crippen molar-refractivity contribution < 1.29 is 13.9 Å². The Kier molecular flexibility index (Phi) is 5.32. The third-order valence-corrected chi connectivity index (χ3v) is 5.79. The van der Waals surface area contributed by atoms with Gasteiger partial charge in [0.05, 0.1) is 25.2 Å². The number of ether oxygens (including phenoxy) is 2. The topological polar surface area (TPSA) is 48.7 Å². The maximum Gasteiger partial charge on any atom is 0.344 e. The summed E-state index contributed by atoms with van der Waals surface area (Å²) >= 11 is 1.68. The van der Waals surface area contributed by atoms with E-state index in [9.17, 15) is 4.79 Å². The van der Waals surface area contributed by atoms with E-state index in [1.807, 2.05) is 49.4 Å². The average molecular weight is 404 g/mol. The van der Waals surface area contributed by atoms with Gasteiger partial charge in [-0.2, -0.15) is 0 Å². The van der Waals surface area contributed by atoms with E-state index in [-0.39, 0.29) is 5.63 Å². The average Bonchev–Trinajstić information content (AvgIpc) is 2.74. The molecule has 0 bridgehead atoms. The lowest BCUT2D eigenvalue weighted by Crippen LogP contribution is -2.07. The molecule has 4 nitrogen and oxygen atoms in total. The number of benzene rings is 3. The smallest absolute Gasteiger partial charge is 0.344 e. The van der Waals surface area contributed by atoms with Crippen LogP contribution in [0.2, 0.25) is 0 Å². The van der Waals surface area contributed by atoms with Crippen LogP contribution >= 0.6 is 11.8 Å². The second-order valence-corrected chi connectivity index (χ2v) is 7.68. The van der Waals surface area contributed by atoms with E-state index in [0.29, 0.717) is 22.6 Å². The fourth-order valence-corrected chi connectivity index (χ4v) is 4.21. The van der Waals surface area contributed by atoms with Crippen LogP contribution in [0.15, 0.2) is 85.7 Å². The van der Waals surface area contributed by atoms with Gasteiger partial charge in [0.1, 0.15) is 17.1 Å². The van der Waals surface area contributed by atoms with Gasteiger partial charge in [-0.25, -0.2) is 4.79 Å². The first-order chi connectivity index (χ1) is 14.1. The number of aryl methyl sites for hydroxylation is 1. The first kappa shape index (κ1) is 19.2. The molecule has 0 saturated carbocycles. The Morgan fingerprint density at radius 3 is 2.21 bits per heavy atom. The first-order valence-corrected chi connectivity index (χ1v) is 9.95. The van der Waals surface area contributed by atoms with E-state index in [2.05, 4.69) is 12.1 Å². The number of methoxy groups -OCH3 is 2. The molecular formula is C24H20O4S. The van der Waals surface area contributed by atoms with Crippen molar-refractivity contribution in [2.45, 2.75) is 16.7 Å². The normalized spacial score (nSPS) is 10.9. The summed E-state index contributed by atoms with van der Waals surface area (Å²) in [5.74, 6) is 1.19. The Morgan fingerprint density at radius 2 is 1.55 bits per heavy atom. The van der Waals surface area contributed by atoms with Crippen molar-refractivity contribution in [3.05, 3.63) is 82.7 Å². The minimum atomic E-state index is -0.381. The Hall–Kier alpha value is -3.18. The van der Waals surface area contributed by atoms with Crippen molar-refractivity contribution >= 4 is 22.7 Å². The Morgan fingerprint density at radius 1 is 0.862 bits per heavy atom. The standard InChI is InChI=1S/C24H20O4S/c1-15-22(16-9-11-19(12-10-16)29-18-7-5-4-6-8-18)24(25)28-21-14-17(26-2)13-20(27-3)23(15)21/h4-14H,1-3H3. The molecule has 0 N–H and O–H groups in total. The van der Waals surface area contributed by atoms with Crippen LogP contribution < -0.4 is 15.1 Å². The molecule has 3 aromatic carbocycles. The van der Waals surface area contributed by atoms with Gasteiger partial charge in [0.15, 0.2) is 0 Å². The van der Waals surface area contributed by atoms with Crippen LogP contribution in [0.25, 0.3) is 22.1 Å². The van der Waals surface area contributed by atoms with Crippen LogP contribution in [-0.4, -0.2) is 14.2 Å². The van der Waals surface area contributed by atoms with E-state index in [1.165, 1.54) is 4.90 Å². The molecule has 0 saturated heterocycles. The molecule has 29 heavy (non-hydrogen) atoms. The van der Waals surface area contributed by atoms with Crippen molar-refractivity contribution in [1.82, 2.24) is 0 Å². The molecule has 146 valence electrons. The van der Waals surface area contributed by atoms with Crippen LogP contribution in [0.3, 0.4) is 0 Å². The van der Waals surface area contributed by atoms with E-state index >= 15 is 0 Å². The SMILES string of the molecule is COc1cc(OC)c2c(C)c(-c3ccc(Sc4ccccc4)cc3)c(=O)oc2c1. The predicted molar refractivity (Wildman–Crippen MR) is 116 cm³/mol. The summed E-state index contributed by atoms with van der Waals surface area (Å²) < 4.78 is 16.4. The van der Waals surface area contributed by atoms with Gasteiger partial charge in [-0.1, -0.05) is 42.1 Å². The van der Waals surface area contributed by atoms with Gasteiger partial charge in [0.25, 0.3) is 0 Å². The van der Waals surface area contributed by atoms with Crippen molar-refractivity contribution in [2.75, 3.05) is 14.2 Å². The highest BCUT2D eigenvalue weighted by Gasteiger charge is 2.18. The molecule has 4 aromatic rings. The third kappa shape index (κ3) is 3.74. The largest absolute Gasteiger partial charge is 0.496 e. The Balaban J connectivity index is 1.78. The Bertz CT molecular complexity index is 1210. The maximum atomic E-state index is 12.8. The second kappa shape index (κ2) is 8.05. The summed E-state index contributed by atoms with van der Waals surface area (Å²) in [6, 6.07) is 21.6. The van der Waals surface area contributed by atoms with Gasteiger partial charge in [0, 0.05) is 21.9 Å². The fraction of sp³-hybridized carbons (Fsp3) is 0.125. The van der Waals surface area contributed by atoms with Crippen molar-refractivity contribution in [1.29, 1.82) is 0 Å². The lowest BCUT2D eigenvalue weighted by Gasteiger charge is -2.13. The van der Waals surface area contributed by atoms with E-state index in [4.69, 9.17) is 13.9 Å². The molecule has 5 heteroatoms. The summed E-state index contributed by atoms with van der Waals surface area (Å²) in [7, 11) is 3.16. The van der Waals surface area contributed by atoms with Gasteiger partial charge in [-0.15, -0.1) is 0 Å². The Labute approximate surface area is 173 Å². The van der Waals surface area contributed by atoms with E-state index in [1.54, 1.807) is 38.1 Å². The molecule has 0 radical (unpaired) electrons. The number of hydrogen-bond donors (Lipinski definition) is 0. The van der Waals surface area contributed by atoms with E-state index in [0.717, 1.165) is 21.4 Å². The molecule has 0 fully saturated rings. The highest BCUT2D eigenvalue weighted by atomic mass is 32.2. The number of hydrogen-bond acceptors (Lipinski definition) is 5. The predicted octanol–water partition coefficient (Wildman–Crippen LogP) is 5.94.